The van der Waals surface area contributed by atoms with Crippen molar-refractivity contribution in [1.82, 2.24) is 24.8 Å². The maximum Gasteiger partial charge on any atom is 0.318 e. The molecule has 0 radical (unpaired) electrons. The first kappa shape index (κ1) is 40.0. The number of benzene rings is 2. The van der Waals surface area contributed by atoms with Gasteiger partial charge in [-0.1, -0.05) is 80.8 Å². The van der Waals surface area contributed by atoms with Gasteiger partial charge in [0.2, 0.25) is 15.9 Å². The molecule has 1 aliphatic rings. The molecule has 3 amide bonds. The minimum absolute atomic E-state index is 0.0477. The third-order valence-corrected chi connectivity index (χ3v) is 12.3. The van der Waals surface area contributed by atoms with Crippen LogP contribution in [0.3, 0.4) is 0 Å². The molecule has 278 valence electrons. The number of sulfonamides is 1. The van der Waals surface area contributed by atoms with Gasteiger partial charge in [-0.05, 0) is 54.4 Å². The molecule has 1 fully saturated rings. The highest BCUT2D eigenvalue weighted by Gasteiger charge is 2.35. The Morgan fingerprint density at radius 3 is 2.37 bits per heavy atom. The van der Waals surface area contributed by atoms with Crippen LogP contribution in [0.15, 0.2) is 70.0 Å². The molecule has 5 N–H and O–H groups in total. The van der Waals surface area contributed by atoms with Crippen molar-refractivity contribution in [2.24, 2.45) is 22.7 Å². The molecule has 1 aromatic heterocycles. The second kappa shape index (κ2) is 19.2. The number of amides is 3. The van der Waals surface area contributed by atoms with E-state index in [4.69, 9.17) is 5.73 Å². The molecule has 51 heavy (non-hydrogen) atoms. The molecule has 13 nitrogen and oxygen atoms in total. The van der Waals surface area contributed by atoms with Gasteiger partial charge in [-0.3, -0.25) is 4.79 Å². The van der Waals surface area contributed by atoms with E-state index in [-0.39, 0.29) is 49.3 Å². The van der Waals surface area contributed by atoms with Crippen LogP contribution in [0.5, 0.6) is 0 Å². The quantitative estimate of drug-likeness (QED) is 0.130. The van der Waals surface area contributed by atoms with E-state index in [2.05, 4.69) is 20.8 Å². The lowest BCUT2D eigenvalue weighted by atomic mass is 9.96. The van der Waals surface area contributed by atoms with E-state index in [9.17, 15) is 28.0 Å². The summed E-state index contributed by atoms with van der Waals surface area (Å²) in [7, 11) is -2.44. The van der Waals surface area contributed by atoms with E-state index in [1.807, 2.05) is 49.6 Å². The Bertz CT molecular complexity index is 1670. The second-order valence-electron chi connectivity index (χ2n) is 13.4. The number of aliphatic hydroxyl groups is 1. The average Bonchev–Trinajstić information content (AvgIpc) is 3.82. The van der Waals surface area contributed by atoms with Crippen molar-refractivity contribution >= 4 is 33.3 Å². The van der Waals surface area contributed by atoms with Crippen molar-refractivity contribution in [1.29, 1.82) is 0 Å². The topological polar surface area (TPSA) is 187 Å². The molecule has 1 heterocycles. The lowest BCUT2D eigenvalue weighted by molar-refractivity contribution is -0.125. The number of carbonyl (C=O) groups excluding carboxylic acids is 2. The van der Waals surface area contributed by atoms with Crippen LogP contribution in [0, 0.1) is 16.7 Å². The van der Waals surface area contributed by atoms with E-state index in [1.54, 1.807) is 19.2 Å². The zero-order chi connectivity index (χ0) is 37.0. The molecule has 0 saturated heterocycles. The van der Waals surface area contributed by atoms with Gasteiger partial charge in [-0.25, -0.2) is 18.2 Å². The Hall–Kier alpha value is -3.76. The van der Waals surface area contributed by atoms with Gasteiger partial charge in [-0.15, -0.1) is 11.3 Å². The van der Waals surface area contributed by atoms with Gasteiger partial charge in [0.1, 0.15) is 17.6 Å². The number of thiazole rings is 1. The van der Waals surface area contributed by atoms with Gasteiger partial charge in [0, 0.05) is 32.1 Å². The summed E-state index contributed by atoms with van der Waals surface area (Å²) in [6, 6.07) is 13.1. The Balaban J connectivity index is 1.56. The van der Waals surface area contributed by atoms with Crippen LogP contribution in [0.25, 0.3) is 0 Å². The zero-order valence-electron chi connectivity index (χ0n) is 29.6. The van der Waals surface area contributed by atoms with Crippen LogP contribution >= 0.6 is 11.3 Å². The summed E-state index contributed by atoms with van der Waals surface area (Å²) in [5.74, 6) is -0.591. The van der Waals surface area contributed by atoms with E-state index < -0.39 is 40.1 Å². The first-order valence-corrected chi connectivity index (χ1v) is 19.8. The number of hydrogen-bond acceptors (Lipinski definition) is 10. The molecule has 0 aliphatic heterocycles. The third kappa shape index (κ3) is 11.4. The first-order chi connectivity index (χ1) is 24.4. The van der Waals surface area contributed by atoms with Gasteiger partial charge in [0.05, 0.1) is 29.3 Å². The van der Waals surface area contributed by atoms with Crippen molar-refractivity contribution in [3.05, 3.63) is 86.7 Å². The molecule has 0 bridgehead atoms. The normalized spacial score (nSPS) is 16.0. The van der Waals surface area contributed by atoms with Gasteiger partial charge < -0.3 is 26.4 Å². The Morgan fingerprint density at radius 2 is 1.76 bits per heavy atom. The lowest BCUT2D eigenvalue weighted by Gasteiger charge is -2.33. The molecule has 0 spiro atoms. The van der Waals surface area contributed by atoms with E-state index >= 15 is 0 Å². The van der Waals surface area contributed by atoms with Crippen molar-refractivity contribution in [3.63, 3.8) is 0 Å². The summed E-state index contributed by atoms with van der Waals surface area (Å²) in [5, 5.41) is 23.2. The van der Waals surface area contributed by atoms with E-state index in [0.717, 1.165) is 36.3 Å². The predicted octanol–water partition coefficient (Wildman–Crippen LogP) is 4.39. The number of nitrogens with one attached hydrogen (secondary N) is 2. The summed E-state index contributed by atoms with van der Waals surface area (Å²) in [4.78, 5) is 44.0. The molecule has 3 aromatic rings. The second-order valence-corrected chi connectivity index (χ2v) is 16.3. The fourth-order valence-corrected chi connectivity index (χ4v) is 8.48. The minimum Gasteiger partial charge on any atom is -0.390 e. The molecule has 4 rings (SSSR count). The molecule has 1 saturated carbocycles. The number of urea groups is 1. The summed E-state index contributed by atoms with van der Waals surface area (Å²) >= 11 is 1.42. The van der Waals surface area contributed by atoms with Crippen molar-refractivity contribution < 1.29 is 23.1 Å². The number of aromatic nitrogens is 1. The molecule has 2 aromatic carbocycles. The number of carbonyl (C=O) groups is 2. The number of nitrogens with two attached hydrogens (primary N) is 1. The van der Waals surface area contributed by atoms with Crippen LogP contribution in [0.4, 0.5) is 4.79 Å². The summed E-state index contributed by atoms with van der Waals surface area (Å²) in [6.07, 6.45) is 3.33. The van der Waals surface area contributed by atoms with Gasteiger partial charge in [0.15, 0.2) is 0 Å². The van der Waals surface area contributed by atoms with Crippen molar-refractivity contribution in [3.8, 4) is 0 Å². The first-order valence-electron chi connectivity index (χ1n) is 17.5. The largest absolute Gasteiger partial charge is 0.390 e. The highest BCUT2D eigenvalue weighted by Crippen LogP contribution is 2.28. The minimum atomic E-state index is -4.06. The SMILES string of the molecule is CC[C@H](C)[C@H](NC(=O)N(C)Cc1csc(CN)n1)C(=O)N[C@@H](Cc1ccccc1)[C@H](O)CN(CC1CCCC1)S(=O)(=O)c1ccc(CN=O)cc1. The summed E-state index contributed by atoms with van der Waals surface area (Å²) < 4.78 is 29.5. The predicted molar refractivity (Wildman–Crippen MR) is 198 cm³/mol. The molecule has 4 atom stereocenters. The highest BCUT2D eigenvalue weighted by atomic mass is 32.2. The van der Waals surface area contributed by atoms with E-state index in [1.165, 1.54) is 32.7 Å². The zero-order valence-corrected chi connectivity index (χ0v) is 31.2. The van der Waals surface area contributed by atoms with Gasteiger partial charge in [0.25, 0.3) is 0 Å². The van der Waals surface area contributed by atoms with Crippen LogP contribution in [-0.4, -0.2) is 78.0 Å². The Morgan fingerprint density at radius 1 is 1.08 bits per heavy atom. The number of nitrogens with zero attached hydrogens (tertiary/aromatic N) is 4. The Kier molecular flexibility index (Phi) is 15.1. The van der Waals surface area contributed by atoms with Gasteiger partial charge in [-0.2, -0.15) is 9.21 Å². The third-order valence-electron chi connectivity index (χ3n) is 9.52. The number of hydrogen-bond donors (Lipinski definition) is 4. The van der Waals surface area contributed by atoms with Crippen LogP contribution in [0.1, 0.15) is 67.8 Å². The summed E-state index contributed by atoms with van der Waals surface area (Å²) in [5.41, 5.74) is 7.81. The standard InChI is InChI=1S/C36H51N7O6S2/c1-4-25(2)34(41-36(46)42(3)22-29-24-50-33(19-37)39-29)35(45)40-31(18-26-10-6-5-7-11-26)32(44)23-43(21-28-12-8-9-13-28)51(48,49)30-16-14-27(15-17-30)20-38-47/h5-7,10-11,14-17,24-25,28,31-32,34,44H,4,8-9,12-13,18-23,37H2,1-3H3,(H,40,45)(H,41,46)/t25-,31-,32+,34-/m0/s1. The highest BCUT2D eigenvalue weighted by molar-refractivity contribution is 7.89. The van der Waals surface area contributed by atoms with Crippen molar-refractivity contribution in [2.45, 2.75) is 95.1 Å². The average molecular weight is 742 g/mol. The van der Waals surface area contributed by atoms with Crippen LogP contribution in [0.2, 0.25) is 0 Å². The molecular weight excluding hydrogens is 691 g/mol. The Labute approximate surface area is 305 Å². The van der Waals surface area contributed by atoms with Gasteiger partial charge >= 0.3 is 6.03 Å². The summed E-state index contributed by atoms with van der Waals surface area (Å²) in [6.45, 7) is 4.24. The molecule has 15 heteroatoms. The maximum atomic E-state index is 14.1. The number of aliphatic hydroxyl groups excluding tert-OH is 1. The smallest absolute Gasteiger partial charge is 0.318 e. The molecule has 1 aliphatic carbocycles. The van der Waals surface area contributed by atoms with Crippen LogP contribution in [-0.2, 0) is 40.9 Å². The fourth-order valence-electron chi connectivity index (χ4n) is 6.28. The van der Waals surface area contributed by atoms with E-state index in [0.29, 0.717) is 24.2 Å². The number of nitroso groups, excluding NO2 is 1. The van der Waals surface area contributed by atoms with Crippen LogP contribution < -0.4 is 16.4 Å². The fraction of sp³-hybridized carbons (Fsp3) is 0.528. The number of rotatable bonds is 19. The maximum absolute atomic E-state index is 14.1. The molecule has 0 unspecified atom stereocenters. The monoisotopic (exact) mass is 741 g/mol. The van der Waals surface area contributed by atoms with Crippen molar-refractivity contribution in [2.75, 3.05) is 20.1 Å². The lowest BCUT2D eigenvalue weighted by Crippen LogP contribution is -2.58. The molecular formula is C36H51N7O6S2.